The van der Waals surface area contributed by atoms with Crippen LogP contribution in [0.1, 0.15) is 16.1 Å². The van der Waals surface area contributed by atoms with E-state index in [-0.39, 0.29) is 0 Å². The van der Waals surface area contributed by atoms with Crippen molar-refractivity contribution in [2.24, 2.45) is 0 Å². The Balaban J connectivity index is 1.96. The van der Waals surface area contributed by atoms with Gasteiger partial charge in [-0.3, -0.25) is 5.32 Å². The van der Waals surface area contributed by atoms with Gasteiger partial charge >= 0.3 is 12.0 Å². The van der Waals surface area contributed by atoms with E-state index in [9.17, 15) is 9.59 Å². The smallest absolute Gasteiger partial charge is 0.337 e. The number of amides is 2. The van der Waals surface area contributed by atoms with E-state index < -0.39 is 12.0 Å². The van der Waals surface area contributed by atoms with Crippen LogP contribution >= 0.6 is 0 Å². The van der Waals surface area contributed by atoms with E-state index in [2.05, 4.69) is 20.5 Å². The fourth-order valence-corrected chi connectivity index (χ4v) is 1.51. The van der Waals surface area contributed by atoms with Crippen LogP contribution in [0, 0.1) is 6.92 Å². The zero-order valence-corrected chi connectivity index (χ0v) is 11.0. The highest BCUT2D eigenvalue weighted by Gasteiger charge is 2.08. The van der Waals surface area contributed by atoms with Gasteiger partial charge in [-0.25, -0.2) is 9.59 Å². The summed E-state index contributed by atoms with van der Waals surface area (Å²) in [6, 6.07) is 7.45. The number of esters is 1. The summed E-state index contributed by atoms with van der Waals surface area (Å²) in [5.74, 6) is 0.494. The van der Waals surface area contributed by atoms with Gasteiger partial charge in [-0.2, -0.15) is 0 Å². The number of methoxy groups -OCH3 is 1. The van der Waals surface area contributed by atoms with Gasteiger partial charge in [0.25, 0.3) is 0 Å². The van der Waals surface area contributed by atoms with E-state index in [0.717, 1.165) is 0 Å². The SMILES string of the molecule is COC(=O)c1ccc(NC(=O)Nc2cc(C)on2)cc1. The Bertz CT molecular complexity index is 619. The lowest BCUT2D eigenvalue weighted by atomic mass is 10.2. The van der Waals surface area contributed by atoms with Crippen LogP contribution in [0.4, 0.5) is 16.3 Å². The standard InChI is InChI=1S/C13H13N3O4/c1-8-7-11(16-20-8)15-13(18)14-10-5-3-9(4-6-10)12(17)19-2/h3-7H,1-2H3,(H2,14,15,16,18). The summed E-state index contributed by atoms with van der Waals surface area (Å²) < 4.78 is 9.41. The average molecular weight is 275 g/mol. The molecular formula is C13H13N3O4. The van der Waals surface area contributed by atoms with Crippen LogP contribution in [0.5, 0.6) is 0 Å². The molecule has 0 spiro atoms. The molecule has 7 heteroatoms. The fourth-order valence-electron chi connectivity index (χ4n) is 1.51. The predicted molar refractivity (Wildman–Crippen MR) is 71.7 cm³/mol. The highest BCUT2D eigenvalue weighted by atomic mass is 16.5. The Kier molecular flexibility index (Phi) is 3.99. The van der Waals surface area contributed by atoms with Crippen molar-refractivity contribution in [3.05, 3.63) is 41.7 Å². The molecule has 0 radical (unpaired) electrons. The van der Waals surface area contributed by atoms with Crippen molar-refractivity contribution in [1.29, 1.82) is 0 Å². The third-order valence-corrected chi connectivity index (χ3v) is 2.43. The van der Waals surface area contributed by atoms with Crippen LogP contribution in [0.25, 0.3) is 0 Å². The summed E-state index contributed by atoms with van der Waals surface area (Å²) in [6.45, 7) is 1.72. The highest BCUT2D eigenvalue weighted by Crippen LogP contribution is 2.12. The normalized spacial score (nSPS) is 9.90. The minimum Gasteiger partial charge on any atom is -0.465 e. The summed E-state index contributed by atoms with van der Waals surface area (Å²) in [6.07, 6.45) is 0. The molecule has 1 heterocycles. The van der Waals surface area contributed by atoms with Crippen molar-refractivity contribution >= 4 is 23.5 Å². The fraction of sp³-hybridized carbons (Fsp3) is 0.154. The maximum absolute atomic E-state index is 11.7. The number of ether oxygens (including phenoxy) is 1. The van der Waals surface area contributed by atoms with Gasteiger partial charge in [0.1, 0.15) is 5.76 Å². The van der Waals surface area contributed by atoms with Crippen LogP contribution in [-0.4, -0.2) is 24.3 Å². The molecule has 7 nitrogen and oxygen atoms in total. The molecule has 20 heavy (non-hydrogen) atoms. The molecule has 104 valence electrons. The molecule has 2 amide bonds. The van der Waals surface area contributed by atoms with Gasteiger partial charge in [-0.15, -0.1) is 0 Å². The largest absolute Gasteiger partial charge is 0.465 e. The lowest BCUT2D eigenvalue weighted by Crippen LogP contribution is -2.19. The van der Waals surface area contributed by atoms with E-state index >= 15 is 0 Å². The quantitative estimate of drug-likeness (QED) is 0.839. The molecule has 1 aromatic heterocycles. The molecule has 2 N–H and O–H groups in total. The number of anilines is 2. The van der Waals surface area contributed by atoms with E-state index in [1.165, 1.54) is 7.11 Å². The maximum atomic E-state index is 11.7. The summed E-state index contributed by atoms with van der Waals surface area (Å²) in [7, 11) is 1.31. The monoisotopic (exact) mass is 275 g/mol. The number of urea groups is 1. The van der Waals surface area contributed by atoms with Crippen molar-refractivity contribution in [2.45, 2.75) is 6.92 Å². The number of nitrogens with one attached hydrogen (secondary N) is 2. The lowest BCUT2D eigenvalue weighted by Gasteiger charge is -2.05. The van der Waals surface area contributed by atoms with Crippen LogP contribution in [0.2, 0.25) is 0 Å². The molecule has 0 saturated heterocycles. The Morgan fingerprint density at radius 3 is 2.45 bits per heavy atom. The number of aryl methyl sites for hydroxylation is 1. The predicted octanol–water partition coefficient (Wildman–Crippen LogP) is 2.41. The third kappa shape index (κ3) is 3.35. The minimum absolute atomic E-state index is 0.325. The minimum atomic E-state index is -0.455. The third-order valence-electron chi connectivity index (χ3n) is 2.43. The molecule has 0 bridgehead atoms. The number of carbonyl (C=O) groups is 2. The molecule has 2 aromatic rings. The van der Waals surface area contributed by atoms with Crippen molar-refractivity contribution in [1.82, 2.24) is 5.16 Å². The van der Waals surface area contributed by atoms with Crippen LogP contribution < -0.4 is 10.6 Å². The zero-order chi connectivity index (χ0) is 14.5. The topological polar surface area (TPSA) is 93.5 Å². The van der Waals surface area contributed by atoms with Crippen molar-refractivity contribution in [2.75, 3.05) is 17.7 Å². The Morgan fingerprint density at radius 2 is 1.90 bits per heavy atom. The van der Waals surface area contributed by atoms with Gasteiger partial charge in [-0.1, -0.05) is 5.16 Å². The van der Waals surface area contributed by atoms with Crippen LogP contribution in [0.15, 0.2) is 34.9 Å². The molecule has 0 aliphatic heterocycles. The van der Waals surface area contributed by atoms with Gasteiger partial charge in [0.2, 0.25) is 0 Å². The van der Waals surface area contributed by atoms with E-state index in [4.69, 9.17) is 4.52 Å². The second kappa shape index (κ2) is 5.87. The molecule has 0 saturated carbocycles. The van der Waals surface area contributed by atoms with Crippen molar-refractivity contribution in [3.8, 4) is 0 Å². The summed E-state index contributed by atoms with van der Waals surface area (Å²) >= 11 is 0. The van der Waals surface area contributed by atoms with Crippen molar-refractivity contribution < 1.29 is 18.8 Å². The van der Waals surface area contributed by atoms with E-state index in [0.29, 0.717) is 22.8 Å². The van der Waals surface area contributed by atoms with Crippen LogP contribution in [-0.2, 0) is 4.74 Å². The lowest BCUT2D eigenvalue weighted by molar-refractivity contribution is 0.0601. The second-order valence-electron chi connectivity index (χ2n) is 3.97. The molecule has 0 unspecified atom stereocenters. The van der Waals surface area contributed by atoms with Gasteiger partial charge in [0.05, 0.1) is 12.7 Å². The highest BCUT2D eigenvalue weighted by molar-refractivity contribution is 5.99. The molecule has 0 fully saturated rings. The van der Waals surface area contributed by atoms with Gasteiger partial charge in [-0.05, 0) is 31.2 Å². The number of rotatable bonds is 3. The Hall–Kier alpha value is -2.83. The maximum Gasteiger partial charge on any atom is 0.337 e. The molecule has 2 rings (SSSR count). The number of benzene rings is 1. The first kappa shape index (κ1) is 13.6. The molecular weight excluding hydrogens is 262 g/mol. The summed E-state index contributed by atoms with van der Waals surface area (Å²) in [5.41, 5.74) is 0.945. The first-order chi connectivity index (χ1) is 9.58. The van der Waals surface area contributed by atoms with E-state index in [1.54, 1.807) is 37.3 Å². The Morgan fingerprint density at radius 1 is 1.20 bits per heavy atom. The number of hydrogen-bond acceptors (Lipinski definition) is 5. The van der Waals surface area contributed by atoms with Crippen molar-refractivity contribution in [3.63, 3.8) is 0 Å². The number of hydrogen-bond donors (Lipinski definition) is 2. The average Bonchev–Trinajstić information content (AvgIpc) is 2.84. The van der Waals surface area contributed by atoms with Gasteiger partial charge < -0.3 is 14.6 Å². The number of nitrogens with zero attached hydrogens (tertiary/aromatic N) is 1. The first-order valence-electron chi connectivity index (χ1n) is 5.78. The molecule has 1 aromatic carbocycles. The summed E-state index contributed by atoms with van der Waals surface area (Å²) in [4.78, 5) is 22.9. The second-order valence-corrected chi connectivity index (χ2v) is 3.97. The summed E-state index contributed by atoms with van der Waals surface area (Å²) in [5, 5.41) is 8.75. The first-order valence-corrected chi connectivity index (χ1v) is 5.78. The van der Waals surface area contributed by atoms with Gasteiger partial charge in [0.15, 0.2) is 5.82 Å². The van der Waals surface area contributed by atoms with Crippen LogP contribution in [0.3, 0.4) is 0 Å². The van der Waals surface area contributed by atoms with E-state index in [1.807, 2.05) is 0 Å². The molecule has 0 aliphatic carbocycles. The number of carbonyl (C=O) groups excluding carboxylic acids is 2. The zero-order valence-electron chi connectivity index (χ0n) is 11.0. The number of aromatic nitrogens is 1. The molecule has 0 aliphatic rings. The molecule has 0 atom stereocenters. The Labute approximate surface area is 114 Å². The van der Waals surface area contributed by atoms with Gasteiger partial charge in [0, 0.05) is 11.8 Å².